The summed E-state index contributed by atoms with van der Waals surface area (Å²) >= 11 is 0. The third-order valence-electron chi connectivity index (χ3n) is 6.47. The first-order valence-corrected chi connectivity index (χ1v) is 12.1. The molecular weight excluding hydrogens is 520 g/mol. The molecule has 1 heterocycles. The first-order valence-electron chi connectivity index (χ1n) is 12.1. The van der Waals surface area contributed by atoms with E-state index in [0.717, 1.165) is 22.8 Å². The SMILES string of the molecule is O=C(C=C(O)c1cc(Cc2ccc(F)cc2F)cn(Cc2ccc(F)cc2F)c1=O)C(=O)N[C@H]1CCC[C@@H]1O. The Morgan fingerprint density at radius 2 is 1.62 bits per heavy atom. The monoisotopic (exact) mass is 544 g/mol. The Bertz CT molecular complexity index is 1520. The zero-order valence-electron chi connectivity index (χ0n) is 20.5. The van der Waals surface area contributed by atoms with E-state index in [1.54, 1.807) is 0 Å². The minimum Gasteiger partial charge on any atom is -0.507 e. The number of hydrogen-bond acceptors (Lipinski definition) is 5. The van der Waals surface area contributed by atoms with Gasteiger partial charge in [0.15, 0.2) is 0 Å². The fraction of sp³-hybridized carbons (Fsp3) is 0.250. The molecule has 7 nitrogen and oxygen atoms in total. The van der Waals surface area contributed by atoms with Gasteiger partial charge in [-0.2, -0.15) is 0 Å². The maximum absolute atomic E-state index is 14.3. The summed E-state index contributed by atoms with van der Waals surface area (Å²) in [6.07, 6.45) is 2.43. The molecule has 0 unspecified atom stereocenters. The van der Waals surface area contributed by atoms with Crippen LogP contribution in [0.4, 0.5) is 17.6 Å². The number of hydrogen-bond donors (Lipinski definition) is 3. The molecule has 3 N–H and O–H groups in total. The maximum atomic E-state index is 14.3. The van der Waals surface area contributed by atoms with E-state index >= 15 is 0 Å². The number of aliphatic hydroxyl groups is 2. The van der Waals surface area contributed by atoms with E-state index < -0.39 is 70.5 Å². The molecule has 39 heavy (non-hydrogen) atoms. The topological polar surface area (TPSA) is 109 Å². The van der Waals surface area contributed by atoms with Gasteiger partial charge in [0.25, 0.3) is 11.5 Å². The molecule has 1 aliphatic rings. The van der Waals surface area contributed by atoms with Crippen LogP contribution in [0.1, 0.15) is 41.5 Å². The summed E-state index contributed by atoms with van der Waals surface area (Å²) in [5, 5.41) is 22.9. The number of rotatable bonds is 8. The van der Waals surface area contributed by atoms with E-state index in [9.17, 15) is 42.2 Å². The molecule has 3 aromatic rings. The van der Waals surface area contributed by atoms with Gasteiger partial charge in [0, 0.05) is 36.4 Å². The molecule has 11 heteroatoms. The number of aromatic nitrogens is 1. The Balaban J connectivity index is 1.70. The molecule has 0 aliphatic heterocycles. The fourth-order valence-corrected chi connectivity index (χ4v) is 4.43. The van der Waals surface area contributed by atoms with Crippen LogP contribution in [0.25, 0.3) is 5.76 Å². The molecule has 1 amide bonds. The number of pyridine rings is 1. The Morgan fingerprint density at radius 1 is 0.974 bits per heavy atom. The van der Waals surface area contributed by atoms with Crippen LogP contribution >= 0.6 is 0 Å². The largest absolute Gasteiger partial charge is 0.507 e. The van der Waals surface area contributed by atoms with Gasteiger partial charge < -0.3 is 20.1 Å². The molecule has 204 valence electrons. The predicted molar refractivity (Wildman–Crippen MR) is 133 cm³/mol. The smallest absolute Gasteiger partial charge is 0.292 e. The lowest BCUT2D eigenvalue weighted by Crippen LogP contribution is -2.42. The highest BCUT2D eigenvalue weighted by atomic mass is 19.1. The Kier molecular flexibility index (Phi) is 8.29. The molecule has 4 rings (SSSR count). The highest BCUT2D eigenvalue weighted by Crippen LogP contribution is 2.20. The van der Waals surface area contributed by atoms with Crippen molar-refractivity contribution >= 4 is 17.4 Å². The van der Waals surface area contributed by atoms with E-state index in [1.807, 2.05) is 0 Å². The van der Waals surface area contributed by atoms with Gasteiger partial charge in [-0.1, -0.05) is 12.1 Å². The van der Waals surface area contributed by atoms with Crippen LogP contribution in [0.3, 0.4) is 0 Å². The molecule has 0 bridgehead atoms. The van der Waals surface area contributed by atoms with Gasteiger partial charge >= 0.3 is 0 Å². The van der Waals surface area contributed by atoms with E-state index in [2.05, 4.69) is 5.32 Å². The lowest BCUT2D eigenvalue weighted by molar-refractivity contribution is -0.136. The number of aliphatic hydroxyl groups excluding tert-OH is 2. The first kappa shape index (κ1) is 27.8. The van der Waals surface area contributed by atoms with Gasteiger partial charge in [-0.15, -0.1) is 0 Å². The fourth-order valence-electron chi connectivity index (χ4n) is 4.43. The number of ketones is 1. The maximum Gasteiger partial charge on any atom is 0.292 e. The van der Waals surface area contributed by atoms with E-state index in [4.69, 9.17) is 0 Å². The van der Waals surface area contributed by atoms with Crippen molar-refractivity contribution in [2.45, 2.75) is 44.4 Å². The molecule has 2 aromatic carbocycles. The van der Waals surface area contributed by atoms with Gasteiger partial charge in [0.1, 0.15) is 29.0 Å². The van der Waals surface area contributed by atoms with E-state index in [-0.39, 0.29) is 23.1 Å². The third-order valence-corrected chi connectivity index (χ3v) is 6.47. The van der Waals surface area contributed by atoms with Crippen LogP contribution in [0, 0.1) is 23.3 Å². The normalized spacial score (nSPS) is 17.3. The molecule has 0 saturated heterocycles. The van der Waals surface area contributed by atoms with Crippen molar-refractivity contribution in [3.05, 3.63) is 111 Å². The third kappa shape index (κ3) is 6.61. The van der Waals surface area contributed by atoms with Crippen molar-refractivity contribution in [1.29, 1.82) is 0 Å². The van der Waals surface area contributed by atoms with Gasteiger partial charge in [0.05, 0.1) is 24.3 Å². The Hall–Kier alpha value is -4.25. The second-order valence-electron chi connectivity index (χ2n) is 9.32. The van der Waals surface area contributed by atoms with Crippen molar-refractivity contribution in [2.24, 2.45) is 0 Å². The highest BCUT2D eigenvalue weighted by Gasteiger charge is 2.28. The van der Waals surface area contributed by atoms with Crippen molar-refractivity contribution in [3.63, 3.8) is 0 Å². The van der Waals surface area contributed by atoms with Crippen LogP contribution < -0.4 is 10.9 Å². The zero-order valence-corrected chi connectivity index (χ0v) is 20.5. The van der Waals surface area contributed by atoms with Crippen LogP contribution in [0.5, 0.6) is 0 Å². The van der Waals surface area contributed by atoms with Crippen molar-refractivity contribution in [3.8, 4) is 0 Å². The molecule has 1 saturated carbocycles. The number of benzene rings is 2. The predicted octanol–water partition coefficient (Wildman–Crippen LogP) is 3.54. The summed E-state index contributed by atoms with van der Waals surface area (Å²) in [5.41, 5.74) is -1.11. The summed E-state index contributed by atoms with van der Waals surface area (Å²) in [7, 11) is 0. The van der Waals surface area contributed by atoms with Gasteiger partial charge in [-0.05, 0) is 48.6 Å². The molecule has 2 atom stereocenters. The number of carbonyl (C=O) groups excluding carboxylic acids is 2. The Morgan fingerprint density at radius 3 is 2.21 bits per heavy atom. The second-order valence-corrected chi connectivity index (χ2v) is 9.32. The molecule has 1 aromatic heterocycles. The average Bonchev–Trinajstić information content (AvgIpc) is 3.28. The van der Waals surface area contributed by atoms with Crippen molar-refractivity contribution in [1.82, 2.24) is 9.88 Å². The standard InChI is InChI=1S/C28H24F4N2O5/c29-18-6-4-16(21(31)10-18)8-15-9-20(25(36)12-26(37)27(38)33-23-2-1-3-24(23)35)28(39)34(13-15)14-17-5-7-19(30)11-22(17)32/h4-7,9-13,23-24,35-36H,1-3,8,14H2,(H,33,38)/t23-,24-/m0/s1. The molecule has 1 aliphatic carbocycles. The lowest BCUT2D eigenvalue weighted by Gasteiger charge is -2.15. The van der Waals surface area contributed by atoms with E-state index in [1.165, 1.54) is 18.3 Å². The van der Waals surface area contributed by atoms with E-state index in [0.29, 0.717) is 37.5 Å². The first-order chi connectivity index (χ1) is 18.5. The summed E-state index contributed by atoms with van der Waals surface area (Å²) < 4.78 is 56.3. The number of carbonyl (C=O) groups is 2. The average molecular weight is 545 g/mol. The minimum absolute atomic E-state index is 0.0505. The summed E-state index contributed by atoms with van der Waals surface area (Å²) in [4.78, 5) is 37.9. The quantitative estimate of drug-likeness (QED) is 0.174. The van der Waals surface area contributed by atoms with Gasteiger partial charge in [-0.25, -0.2) is 17.6 Å². The Labute approximate surface area is 220 Å². The van der Waals surface area contributed by atoms with Gasteiger partial charge in [-0.3, -0.25) is 14.4 Å². The highest BCUT2D eigenvalue weighted by molar-refractivity contribution is 6.41. The summed E-state index contributed by atoms with van der Waals surface area (Å²) in [6, 6.07) is 6.22. The summed E-state index contributed by atoms with van der Waals surface area (Å²) in [5.74, 6) is -6.56. The summed E-state index contributed by atoms with van der Waals surface area (Å²) in [6.45, 7) is -0.404. The lowest BCUT2D eigenvalue weighted by atomic mass is 10.0. The molecule has 1 fully saturated rings. The van der Waals surface area contributed by atoms with Gasteiger partial charge in [0.2, 0.25) is 5.78 Å². The van der Waals surface area contributed by atoms with Crippen LogP contribution in [0.2, 0.25) is 0 Å². The molecular formula is C28H24F4N2O5. The number of halogens is 4. The van der Waals surface area contributed by atoms with Crippen LogP contribution in [0.15, 0.2) is 59.5 Å². The second kappa shape index (κ2) is 11.6. The number of nitrogens with one attached hydrogen (secondary N) is 1. The van der Waals surface area contributed by atoms with Crippen LogP contribution in [-0.2, 0) is 22.6 Å². The molecule has 0 spiro atoms. The van der Waals surface area contributed by atoms with Crippen molar-refractivity contribution in [2.75, 3.05) is 0 Å². The van der Waals surface area contributed by atoms with Crippen LogP contribution in [-0.4, -0.2) is 38.6 Å². The molecule has 0 radical (unpaired) electrons. The van der Waals surface area contributed by atoms with Crippen molar-refractivity contribution < 1.29 is 37.4 Å². The number of nitrogens with zero attached hydrogens (tertiary/aromatic N) is 1. The number of amides is 1. The zero-order chi connectivity index (χ0) is 28.3. The minimum atomic E-state index is -1.18.